The van der Waals surface area contributed by atoms with Gasteiger partial charge in [-0.2, -0.15) is 0 Å². The second kappa shape index (κ2) is 3.90. The summed E-state index contributed by atoms with van der Waals surface area (Å²) in [6.07, 6.45) is 0.808. The van der Waals surface area contributed by atoms with Crippen molar-refractivity contribution in [3.8, 4) is 0 Å². The van der Waals surface area contributed by atoms with Gasteiger partial charge in [-0.15, -0.1) is 0 Å². The Bertz CT molecular complexity index is 267. The zero-order valence-corrected chi connectivity index (χ0v) is 7.16. The topological polar surface area (TPSA) is 52.3 Å². The van der Waals surface area contributed by atoms with Gasteiger partial charge in [0.1, 0.15) is 5.76 Å². The Morgan fingerprint density at radius 3 is 3.00 bits per heavy atom. The summed E-state index contributed by atoms with van der Waals surface area (Å²) < 4.78 is 9.54. The molecule has 0 radical (unpaired) electrons. The highest BCUT2D eigenvalue weighted by molar-refractivity contribution is 5.87. The van der Waals surface area contributed by atoms with E-state index >= 15 is 0 Å². The summed E-state index contributed by atoms with van der Waals surface area (Å²) >= 11 is 0. The van der Waals surface area contributed by atoms with Crippen molar-refractivity contribution >= 4 is 5.97 Å². The molecule has 0 aromatic carbocycles. The lowest BCUT2D eigenvalue weighted by molar-refractivity contribution is 0.0493. The van der Waals surface area contributed by atoms with E-state index in [4.69, 9.17) is 9.26 Å². The van der Waals surface area contributed by atoms with Gasteiger partial charge in [-0.3, -0.25) is 0 Å². The minimum atomic E-state index is -0.422. The zero-order valence-electron chi connectivity index (χ0n) is 7.16. The fourth-order valence-corrected chi connectivity index (χ4v) is 0.731. The van der Waals surface area contributed by atoms with Gasteiger partial charge in [-0.1, -0.05) is 12.1 Å². The predicted octanol–water partition coefficient (Wildman–Crippen LogP) is 1.55. The third-order valence-electron chi connectivity index (χ3n) is 1.27. The first-order chi connectivity index (χ1) is 5.74. The fraction of sp³-hybridized carbons (Fsp3) is 0.500. The van der Waals surface area contributed by atoms with Gasteiger partial charge in [-0.05, 0) is 13.3 Å². The summed E-state index contributed by atoms with van der Waals surface area (Å²) in [6.45, 7) is 4.08. The first kappa shape index (κ1) is 8.77. The van der Waals surface area contributed by atoms with Gasteiger partial charge in [0.15, 0.2) is 5.69 Å². The largest absolute Gasteiger partial charge is 0.461 e. The maximum Gasteiger partial charge on any atom is 0.360 e. The highest BCUT2D eigenvalue weighted by Crippen LogP contribution is 2.03. The quantitative estimate of drug-likeness (QED) is 0.644. The summed E-state index contributed by atoms with van der Waals surface area (Å²) in [5.74, 6) is 0.187. The smallest absolute Gasteiger partial charge is 0.360 e. The normalized spacial score (nSPS) is 9.83. The van der Waals surface area contributed by atoms with Crippen LogP contribution in [0, 0.1) is 6.92 Å². The second-order valence-corrected chi connectivity index (χ2v) is 2.46. The Hall–Kier alpha value is -1.32. The molecule has 4 nitrogen and oxygen atoms in total. The van der Waals surface area contributed by atoms with Crippen LogP contribution in [0.3, 0.4) is 0 Å². The molecule has 0 atom stereocenters. The van der Waals surface area contributed by atoms with Crippen LogP contribution < -0.4 is 0 Å². The number of esters is 1. The molecule has 1 rings (SSSR count). The number of ether oxygens (including phenoxy) is 1. The Morgan fingerprint density at radius 2 is 2.50 bits per heavy atom. The van der Waals surface area contributed by atoms with Crippen LogP contribution in [0.4, 0.5) is 0 Å². The molecule has 12 heavy (non-hydrogen) atoms. The molecular weight excluding hydrogens is 158 g/mol. The molecule has 0 saturated carbocycles. The molecule has 0 aliphatic heterocycles. The standard InChI is InChI=1S/C8H11NO3/c1-3-4-11-8(10)7-5-6(2)12-9-7/h5H,3-4H2,1-2H3. The molecule has 0 unspecified atom stereocenters. The highest BCUT2D eigenvalue weighted by atomic mass is 16.5. The minimum absolute atomic E-state index is 0.237. The van der Waals surface area contributed by atoms with Crippen LogP contribution in [0.25, 0.3) is 0 Å². The number of aryl methyl sites for hydroxylation is 1. The fourth-order valence-electron chi connectivity index (χ4n) is 0.731. The van der Waals surface area contributed by atoms with E-state index in [1.807, 2.05) is 6.92 Å². The molecule has 1 aromatic rings. The third kappa shape index (κ3) is 2.08. The van der Waals surface area contributed by atoms with Crippen molar-refractivity contribution in [2.24, 2.45) is 0 Å². The van der Waals surface area contributed by atoms with Crippen molar-refractivity contribution in [2.45, 2.75) is 20.3 Å². The average molecular weight is 169 g/mol. The molecule has 0 spiro atoms. The third-order valence-corrected chi connectivity index (χ3v) is 1.27. The van der Waals surface area contributed by atoms with Gasteiger partial charge in [0.05, 0.1) is 6.61 Å². The first-order valence-corrected chi connectivity index (χ1v) is 3.84. The van der Waals surface area contributed by atoms with Crippen molar-refractivity contribution in [3.05, 3.63) is 17.5 Å². The molecule has 4 heteroatoms. The molecule has 0 saturated heterocycles. The lowest BCUT2D eigenvalue weighted by atomic mass is 10.4. The van der Waals surface area contributed by atoms with Crippen molar-refractivity contribution in [2.75, 3.05) is 6.61 Å². The van der Waals surface area contributed by atoms with E-state index in [9.17, 15) is 4.79 Å². The van der Waals surface area contributed by atoms with Gasteiger partial charge in [0.2, 0.25) is 0 Å². The van der Waals surface area contributed by atoms with Gasteiger partial charge >= 0.3 is 5.97 Å². The number of aromatic nitrogens is 1. The molecular formula is C8H11NO3. The number of carbonyl (C=O) groups excluding carboxylic acids is 1. The zero-order chi connectivity index (χ0) is 8.97. The lowest BCUT2D eigenvalue weighted by Gasteiger charge is -1.97. The van der Waals surface area contributed by atoms with Gasteiger partial charge in [0.25, 0.3) is 0 Å². The summed E-state index contributed by atoms with van der Waals surface area (Å²) in [6, 6.07) is 1.55. The van der Waals surface area contributed by atoms with E-state index in [1.165, 1.54) is 0 Å². The van der Waals surface area contributed by atoms with Crippen molar-refractivity contribution in [1.29, 1.82) is 0 Å². The van der Waals surface area contributed by atoms with E-state index in [-0.39, 0.29) is 5.69 Å². The number of nitrogens with zero attached hydrogens (tertiary/aromatic N) is 1. The monoisotopic (exact) mass is 169 g/mol. The maximum atomic E-state index is 11.1. The van der Waals surface area contributed by atoms with E-state index in [1.54, 1.807) is 13.0 Å². The Balaban J connectivity index is 2.53. The summed E-state index contributed by atoms with van der Waals surface area (Å²) in [5.41, 5.74) is 0.237. The molecule has 0 N–H and O–H groups in total. The lowest BCUT2D eigenvalue weighted by Crippen LogP contribution is -2.05. The second-order valence-electron chi connectivity index (χ2n) is 2.46. The van der Waals surface area contributed by atoms with Crippen LogP contribution in [0.15, 0.2) is 10.6 Å². The molecule has 66 valence electrons. The van der Waals surface area contributed by atoms with E-state index in [2.05, 4.69) is 5.16 Å². The number of carbonyl (C=O) groups is 1. The number of hydrogen-bond acceptors (Lipinski definition) is 4. The summed E-state index contributed by atoms with van der Waals surface area (Å²) in [7, 11) is 0. The SMILES string of the molecule is CCCOC(=O)c1cc(C)on1. The maximum absolute atomic E-state index is 11.1. The Kier molecular flexibility index (Phi) is 2.85. The molecule has 0 aliphatic rings. The Labute approximate surface area is 70.5 Å². The van der Waals surface area contributed by atoms with Crippen molar-refractivity contribution < 1.29 is 14.1 Å². The van der Waals surface area contributed by atoms with Crippen molar-refractivity contribution in [3.63, 3.8) is 0 Å². The van der Waals surface area contributed by atoms with E-state index in [0.29, 0.717) is 12.4 Å². The molecule has 0 bridgehead atoms. The number of hydrogen-bond donors (Lipinski definition) is 0. The van der Waals surface area contributed by atoms with Gasteiger partial charge in [-0.25, -0.2) is 4.79 Å². The van der Waals surface area contributed by atoms with Crippen LogP contribution >= 0.6 is 0 Å². The number of rotatable bonds is 3. The van der Waals surface area contributed by atoms with Gasteiger partial charge < -0.3 is 9.26 Å². The molecule has 1 heterocycles. The van der Waals surface area contributed by atoms with Crippen LogP contribution in [0.5, 0.6) is 0 Å². The summed E-state index contributed by atoms with van der Waals surface area (Å²) in [5, 5.41) is 3.52. The van der Waals surface area contributed by atoms with Crippen LogP contribution in [-0.4, -0.2) is 17.7 Å². The molecule has 0 amide bonds. The van der Waals surface area contributed by atoms with E-state index < -0.39 is 5.97 Å². The van der Waals surface area contributed by atoms with Crippen molar-refractivity contribution in [1.82, 2.24) is 5.16 Å². The first-order valence-electron chi connectivity index (χ1n) is 3.84. The molecule has 0 fully saturated rings. The molecule has 0 aliphatic carbocycles. The summed E-state index contributed by atoms with van der Waals surface area (Å²) in [4.78, 5) is 11.1. The molecule has 1 aromatic heterocycles. The predicted molar refractivity (Wildman–Crippen MR) is 41.8 cm³/mol. The highest BCUT2D eigenvalue weighted by Gasteiger charge is 2.11. The van der Waals surface area contributed by atoms with Crippen LogP contribution in [0.1, 0.15) is 29.6 Å². The average Bonchev–Trinajstić information content (AvgIpc) is 2.47. The minimum Gasteiger partial charge on any atom is -0.461 e. The van der Waals surface area contributed by atoms with E-state index in [0.717, 1.165) is 6.42 Å². The van der Waals surface area contributed by atoms with Crippen LogP contribution in [-0.2, 0) is 4.74 Å². The van der Waals surface area contributed by atoms with Crippen LogP contribution in [0.2, 0.25) is 0 Å². The Morgan fingerprint density at radius 1 is 1.75 bits per heavy atom. The van der Waals surface area contributed by atoms with Gasteiger partial charge in [0, 0.05) is 6.07 Å².